The summed E-state index contributed by atoms with van der Waals surface area (Å²) in [6.07, 6.45) is 2.14. The number of amides is 1. The van der Waals surface area contributed by atoms with Crippen LogP contribution in [0.25, 0.3) is 0 Å². The van der Waals surface area contributed by atoms with Gasteiger partial charge in [0, 0.05) is 16.3 Å². The van der Waals surface area contributed by atoms with Crippen LogP contribution in [0, 0.1) is 12.8 Å². The van der Waals surface area contributed by atoms with E-state index in [1.54, 1.807) is 0 Å². The molecule has 0 spiro atoms. The molecule has 1 unspecified atom stereocenters. The maximum atomic E-state index is 12.0. The van der Waals surface area contributed by atoms with E-state index in [9.17, 15) is 4.79 Å². The van der Waals surface area contributed by atoms with Crippen LogP contribution in [0.3, 0.4) is 0 Å². The molecule has 1 N–H and O–H groups in total. The fraction of sp³-hybridized carbons (Fsp3) is 0.500. The van der Waals surface area contributed by atoms with Crippen LogP contribution in [0.15, 0.2) is 22.7 Å². The van der Waals surface area contributed by atoms with Gasteiger partial charge in [-0.2, -0.15) is 0 Å². The zero-order valence-electron chi connectivity index (χ0n) is 10.8. The van der Waals surface area contributed by atoms with Crippen LogP contribution in [-0.4, -0.2) is 17.8 Å². The van der Waals surface area contributed by atoms with Gasteiger partial charge in [-0.3, -0.25) is 4.79 Å². The van der Waals surface area contributed by atoms with E-state index in [0.29, 0.717) is 11.5 Å². The van der Waals surface area contributed by atoms with Gasteiger partial charge in [0.05, 0.1) is 5.56 Å². The summed E-state index contributed by atoms with van der Waals surface area (Å²) in [4.78, 5) is 12.0. The summed E-state index contributed by atoms with van der Waals surface area (Å²) in [5.74, 6) is 0.657. The SMILES string of the molecule is Cc1cccc(C(=O)NCCCC(C)CBr)c1Br. The van der Waals surface area contributed by atoms with Gasteiger partial charge in [0.15, 0.2) is 0 Å². The van der Waals surface area contributed by atoms with Gasteiger partial charge in [0.2, 0.25) is 0 Å². The van der Waals surface area contributed by atoms with Crippen molar-refractivity contribution in [2.45, 2.75) is 26.7 Å². The van der Waals surface area contributed by atoms with Crippen molar-refractivity contribution in [2.75, 3.05) is 11.9 Å². The molecule has 2 nitrogen and oxygen atoms in total. The Bertz CT molecular complexity index is 407. The number of nitrogens with one attached hydrogen (secondary N) is 1. The van der Waals surface area contributed by atoms with E-state index in [4.69, 9.17) is 0 Å². The molecule has 1 atom stereocenters. The number of halogens is 2. The fourth-order valence-electron chi connectivity index (χ4n) is 1.65. The number of alkyl halides is 1. The Labute approximate surface area is 126 Å². The van der Waals surface area contributed by atoms with E-state index in [1.807, 2.05) is 25.1 Å². The van der Waals surface area contributed by atoms with Crippen LogP contribution >= 0.6 is 31.9 Å². The summed E-state index contributed by atoms with van der Waals surface area (Å²) in [5, 5.41) is 3.98. The normalized spacial score (nSPS) is 12.2. The summed E-state index contributed by atoms with van der Waals surface area (Å²) in [7, 11) is 0. The van der Waals surface area contributed by atoms with Crippen LogP contribution in [0.2, 0.25) is 0 Å². The highest BCUT2D eigenvalue weighted by Gasteiger charge is 2.10. The number of hydrogen-bond donors (Lipinski definition) is 1. The Morgan fingerprint density at radius 3 is 2.83 bits per heavy atom. The zero-order valence-corrected chi connectivity index (χ0v) is 14.0. The summed E-state index contributed by atoms with van der Waals surface area (Å²) < 4.78 is 0.885. The van der Waals surface area contributed by atoms with E-state index in [0.717, 1.165) is 34.8 Å². The van der Waals surface area contributed by atoms with Crippen molar-refractivity contribution >= 4 is 37.8 Å². The minimum atomic E-state index is -0.00271. The second kappa shape index (κ2) is 7.95. The molecule has 0 aliphatic carbocycles. The Morgan fingerprint density at radius 2 is 2.17 bits per heavy atom. The molecule has 4 heteroatoms. The first-order chi connectivity index (χ1) is 8.56. The van der Waals surface area contributed by atoms with Crippen LogP contribution < -0.4 is 5.32 Å². The van der Waals surface area contributed by atoms with Crippen molar-refractivity contribution in [3.63, 3.8) is 0 Å². The molecule has 0 aliphatic rings. The highest BCUT2D eigenvalue weighted by atomic mass is 79.9. The van der Waals surface area contributed by atoms with Gasteiger partial charge in [0.25, 0.3) is 5.91 Å². The fourth-order valence-corrected chi connectivity index (χ4v) is 2.42. The highest BCUT2D eigenvalue weighted by Crippen LogP contribution is 2.20. The van der Waals surface area contributed by atoms with Crippen LogP contribution in [0.4, 0.5) is 0 Å². The quantitative estimate of drug-likeness (QED) is 0.582. The number of hydrogen-bond acceptors (Lipinski definition) is 1. The van der Waals surface area contributed by atoms with Gasteiger partial charge in [0.1, 0.15) is 0 Å². The van der Waals surface area contributed by atoms with Crippen LogP contribution in [-0.2, 0) is 0 Å². The zero-order chi connectivity index (χ0) is 13.5. The minimum Gasteiger partial charge on any atom is -0.352 e. The minimum absolute atomic E-state index is 0.00271. The summed E-state index contributed by atoms with van der Waals surface area (Å²) >= 11 is 6.91. The predicted molar refractivity (Wildman–Crippen MR) is 83.4 cm³/mol. The van der Waals surface area contributed by atoms with E-state index in [-0.39, 0.29) is 5.91 Å². The molecule has 0 bridgehead atoms. The third kappa shape index (κ3) is 4.73. The Morgan fingerprint density at radius 1 is 1.44 bits per heavy atom. The predicted octanol–water partition coefficient (Wildman–Crippen LogP) is 4.30. The van der Waals surface area contributed by atoms with Crippen molar-refractivity contribution in [3.8, 4) is 0 Å². The number of carbonyl (C=O) groups excluding carboxylic acids is 1. The molecule has 0 radical (unpaired) electrons. The van der Waals surface area contributed by atoms with Gasteiger partial charge >= 0.3 is 0 Å². The molecule has 100 valence electrons. The average Bonchev–Trinajstić information content (AvgIpc) is 2.37. The summed E-state index contributed by atoms with van der Waals surface area (Å²) in [6.45, 7) is 4.92. The maximum Gasteiger partial charge on any atom is 0.252 e. The maximum absolute atomic E-state index is 12.0. The van der Waals surface area contributed by atoms with Gasteiger partial charge in [-0.05, 0) is 53.2 Å². The molecule has 1 aromatic carbocycles. The molecule has 1 amide bonds. The van der Waals surface area contributed by atoms with Crippen LogP contribution in [0.1, 0.15) is 35.7 Å². The monoisotopic (exact) mass is 375 g/mol. The van der Waals surface area contributed by atoms with Gasteiger partial charge < -0.3 is 5.32 Å². The van der Waals surface area contributed by atoms with Crippen molar-refractivity contribution < 1.29 is 4.79 Å². The molecule has 0 heterocycles. The lowest BCUT2D eigenvalue weighted by Crippen LogP contribution is -2.25. The standard InChI is InChI=1S/C14H19Br2NO/c1-10(9-15)5-4-8-17-14(18)12-7-3-6-11(2)13(12)16/h3,6-7,10H,4-5,8-9H2,1-2H3,(H,17,18). The Balaban J connectivity index is 2.44. The highest BCUT2D eigenvalue weighted by molar-refractivity contribution is 9.10. The molecule has 0 fully saturated rings. The number of aryl methyl sites for hydroxylation is 1. The van der Waals surface area contributed by atoms with Gasteiger partial charge in [-0.15, -0.1) is 0 Å². The lowest BCUT2D eigenvalue weighted by molar-refractivity contribution is 0.0951. The van der Waals surface area contributed by atoms with E-state index < -0.39 is 0 Å². The smallest absolute Gasteiger partial charge is 0.252 e. The van der Waals surface area contributed by atoms with Crippen molar-refractivity contribution in [2.24, 2.45) is 5.92 Å². The lowest BCUT2D eigenvalue weighted by atomic mass is 10.1. The molecule has 18 heavy (non-hydrogen) atoms. The Kier molecular flexibility index (Phi) is 6.94. The number of benzene rings is 1. The average molecular weight is 377 g/mol. The number of carbonyl (C=O) groups is 1. The second-order valence-corrected chi connectivity index (χ2v) is 6.03. The molecule has 0 aromatic heterocycles. The topological polar surface area (TPSA) is 29.1 Å². The van der Waals surface area contributed by atoms with Gasteiger partial charge in [-0.25, -0.2) is 0 Å². The molecule has 0 aliphatic heterocycles. The largest absolute Gasteiger partial charge is 0.352 e. The van der Waals surface area contributed by atoms with E-state index in [1.165, 1.54) is 0 Å². The van der Waals surface area contributed by atoms with Crippen molar-refractivity contribution in [3.05, 3.63) is 33.8 Å². The second-order valence-electron chi connectivity index (χ2n) is 4.59. The molecular formula is C14H19Br2NO. The molecule has 1 rings (SSSR count). The van der Waals surface area contributed by atoms with Gasteiger partial charge in [-0.1, -0.05) is 35.0 Å². The number of rotatable bonds is 6. The third-order valence-corrected chi connectivity index (χ3v) is 5.02. The summed E-state index contributed by atoms with van der Waals surface area (Å²) in [5.41, 5.74) is 1.79. The lowest BCUT2D eigenvalue weighted by Gasteiger charge is -2.10. The molecule has 1 aromatic rings. The van der Waals surface area contributed by atoms with Crippen LogP contribution in [0.5, 0.6) is 0 Å². The Hall–Kier alpha value is -0.350. The van der Waals surface area contributed by atoms with E-state index in [2.05, 4.69) is 44.1 Å². The first-order valence-corrected chi connectivity index (χ1v) is 8.07. The first kappa shape index (κ1) is 15.7. The first-order valence-electron chi connectivity index (χ1n) is 6.15. The van der Waals surface area contributed by atoms with E-state index >= 15 is 0 Å². The molecule has 0 saturated carbocycles. The summed E-state index contributed by atoms with van der Waals surface area (Å²) in [6, 6.07) is 5.73. The molecule has 0 saturated heterocycles. The van der Waals surface area contributed by atoms with Crippen molar-refractivity contribution in [1.29, 1.82) is 0 Å². The third-order valence-electron chi connectivity index (χ3n) is 2.86. The molecular weight excluding hydrogens is 358 g/mol. The van der Waals surface area contributed by atoms with Crippen molar-refractivity contribution in [1.82, 2.24) is 5.32 Å².